The third kappa shape index (κ3) is 3.27. The Morgan fingerprint density at radius 1 is 1.23 bits per heavy atom. The van der Waals surface area contributed by atoms with Crippen molar-refractivity contribution in [3.05, 3.63) is 59.4 Å². The molecule has 1 aliphatic heterocycles. The van der Waals surface area contributed by atoms with E-state index in [2.05, 4.69) is 0 Å². The predicted molar refractivity (Wildman–Crippen MR) is 85.2 cm³/mol. The van der Waals surface area contributed by atoms with Crippen LogP contribution in [0.3, 0.4) is 0 Å². The zero-order valence-corrected chi connectivity index (χ0v) is 13.2. The number of hydrogen-bond acceptors (Lipinski definition) is 4. The third-order valence-electron chi connectivity index (χ3n) is 3.82. The van der Waals surface area contributed by atoms with Crippen molar-refractivity contribution in [2.45, 2.75) is 32.7 Å². The zero-order valence-electron chi connectivity index (χ0n) is 13.2. The van der Waals surface area contributed by atoms with E-state index in [1.165, 1.54) is 7.11 Å². The normalized spacial score (nSPS) is 15.8. The number of esters is 1. The van der Waals surface area contributed by atoms with E-state index in [1.807, 2.05) is 54.4 Å². The number of nitrogens with zero attached hydrogens (tertiary/aromatic N) is 1. The topological polar surface area (TPSA) is 46.6 Å². The van der Waals surface area contributed by atoms with Crippen LogP contribution in [0.15, 0.2) is 48.3 Å². The van der Waals surface area contributed by atoms with E-state index in [4.69, 9.17) is 4.74 Å². The van der Waals surface area contributed by atoms with Crippen molar-refractivity contribution in [1.82, 2.24) is 4.90 Å². The number of carbonyl (C=O) groups excluding carboxylic acids is 2. The van der Waals surface area contributed by atoms with Crippen LogP contribution in [0.4, 0.5) is 0 Å². The van der Waals surface area contributed by atoms with Crippen molar-refractivity contribution >= 4 is 11.8 Å². The average Bonchev–Trinajstić information content (AvgIpc) is 2.79. The van der Waals surface area contributed by atoms with Crippen LogP contribution < -0.4 is 0 Å². The van der Waals surface area contributed by atoms with Gasteiger partial charge in [-0.2, -0.15) is 0 Å². The molecule has 22 heavy (non-hydrogen) atoms. The van der Waals surface area contributed by atoms with Crippen LogP contribution in [0.1, 0.15) is 48.7 Å². The number of methoxy groups -OCH3 is 1. The minimum Gasteiger partial charge on any atom is -0.464 e. The highest BCUT2D eigenvalue weighted by Gasteiger charge is 2.25. The van der Waals surface area contributed by atoms with Crippen LogP contribution in [-0.2, 0) is 9.53 Å². The first-order chi connectivity index (χ1) is 10.6. The molecular formula is C18H21NO3. The first-order valence-corrected chi connectivity index (χ1v) is 7.39. The van der Waals surface area contributed by atoms with Gasteiger partial charge >= 0.3 is 5.97 Å². The van der Waals surface area contributed by atoms with Gasteiger partial charge in [0.1, 0.15) is 5.70 Å². The van der Waals surface area contributed by atoms with Crippen molar-refractivity contribution in [1.29, 1.82) is 0 Å². The zero-order chi connectivity index (χ0) is 16.1. The Balaban J connectivity index is 2.44. The summed E-state index contributed by atoms with van der Waals surface area (Å²) in [6, 6.07) is 7.36. The Morgan fingerprint density at radius 2 is 1.95 bits per heavy atom. The maximum absolute atomic E-state index is 12.1. The predicted octanol–water partition coefficient (Wildman–Crippen LogP) is 3.62. The minimum absolute atomic E-state index is 0.0184. The molecule has 4 heteroatoms. The number of benzene rings is 1. The van der Waals surface area contributed by atoms with E-state index >= 15 is 0 Å². The second kappa shape index (κ2) is 7.07. The lowest BCUT2D eigenvalue weighted by atomic mass is 9.97. The molecule has 0 bridgehead atoms. The summed E-state index contributed by atoms with van der Waals surface area (Å²) in [5, 5.41) is 0. The summed E-state index contributed by atoms with van der Waals surface area (Å²) in [5.41, 5.74) is 2.09. The van der Waals surface area contributed by atoms with Crippen molar-refractivity contribution in [3.63, 3.8) is 0 Å². The monoisotopic (exact) mass is 299 g/mol. The molecule has 1 aromatic carbocycles. The minimum atomic E-state index is -0.362. The first kappa shape index (κ1) is 16.0. The molecule has 0 N–H and O–H groups in total. The molecule has 0 aromatic heterocycles. The lowest BCUT2D eigenvalue weighted by molar-refractivity contribution is -0.137. The van der Waals surface area contributed by atoms with Gasteiger partial charge in [-0.1, -0.05) is 36.4 Å². The number of Topliss-reactive ketones (excluding diaryl/α,β-unsaturated/α-hetero) is 1. The van der Waals surface area contributed by atoms with Gasteiger partial charge in [0.15, 0.2) is 5.78 Å². The summed E-state index contributed by atoms with van der Waals surface area (Å²) in [6.45, 7) is 3.54. The summed E-state index contributed by atoms with van der Waals surface area (Å²) in [4.78, 5) is 25.8. The average molecular weight is 299 g/mol. The lowest BCUT2D eigenvalue weighted by Gasteiger charge is -2.29. The molecule has 2 rings (SSSR count). The van der Waals surface area contributed by atoms with E-state index in [1.54, 1.807) is 6.92 Å². The van der Waals surface area contributed by atoms with Crippen LogP contribution >= 0.6 is 0 Å². The highest BCUT2D eigenvalue weighted by molar-refractivity contribution is 5.95. The SMILES string of the molecule is COC(=O)C1=CCCC=CN1[C@@H](C)c1ccccc1C(C)=O. The van der Waals surface area contributed by atoms with Gasteiger partial charge < -0.3 is 9.64 Å². The molecule has 0 spiro atoms. The maximum atomic E-state index is 12.1. The van der Waals surface area contributed by atoms with Gasteiger partial charge in [0.25, 0.3) is 0 Å². The summed E-state index contributed by atoms with van der Waals surface area (Å²) < 4.78 is 4.89. The number of allylic oxidation sites excluding steroid dienone is 2. The van der Waals surface area contributed by atoms with Gasteiger partial charge in [0, 0.05) is 11.8 Å². The molecule has 4 nitrogen and oxygen atoms in total. The highest BCUT2D eigenvalue weighted by atomic mass is 16.5. The van der Waals surface area contributed by atoms with E-state index in [0.29, 0.717) is 11.3 Å². The fourth-order valence-electron chi connectivity index (χ4n) is 2.65. The molecule has 0 saturated carbocycles. The van der Waals surface area contributed by atoms with Gasteiger partial charge in [-0.05, 0) is 32.3 Å². The molecule has 1 aromatic rings. The maximum Gasteiger partial charge on any atom is 0.354 e. The Labute approximate surface area is 131 Å². The molecular weight excluding hydrogens is 278 g/mol. The van der Waals surface area contributed by atoms with Crippen LogP contribution in [0.25, 0.3) is 0 Å². The molecule has 1 heterocycles. The molecule has 0 unspecified atom stereocenters. The summed E-state index contributed by atoms with van der Waals surface area (Å²) in [6.07, 6.45) is 7.48. The Kier molecular flexibility index (Phi) is 5.15. The highest BCUT2D eigenvalue weighted by Crippen LogP contribution is 2.29. The van der Waals surface area contributed by atoms with E-state index in [-0.39, 0.29) is 17.8 Å². The van der Waals surface area contributed by atoms with Crippen LogP contribution in [0.2, 0.25) is 0 Å². The van der Waals surface area contributed by atoms with Crippen molar-refractivity contribution in [2.75, 3.05) is 7.11 Å². The van der Waals surface area contributed by atoms with Gasteiger partial charge in [-0.3, -0.25) is 4.79 Å². The smallest absolute Gasteiger partial charge is 0.354 e. The number of hydrogen-bond donors (Lipinski definition) is 0. The summed E-state index contributed by atoms with van der Waals surface area (Å²) in [5.74, 6) is -0.344. The van der Waals surface area contributed by atoms with Gasteiger partial charge in [-0.25, -0.2) is 4.79 Å². The molecule has 0 aliphatic carbocycles. The molecule has 0 radical (unpaired) electrons. The van der Waals surface area contributed by atoms with Crippen molar-refractivity contribution in [3.8, 4) is 0 Å². The quantitative estimate of drug-likeness (QED) is 0.629. The number of carbonyl (C=O) groups is 2. The Hall–Kier alpha value is -2.36. The van der Waals surface area contributed by atoms with Gasteiger partial charge in [0.2, 0.25) is 0 Å². The standard InChI is InChI=1S/C18H21NO3/c1-13(15-9-6-7-10-16(15)14(2)20)19-12-8-4-5-11-17(19)18(21)22-3/h6-13H,4-5H2,1-3H3/t13-/m0/s1. The van der Waals surface area contributed by atoms with E-state index in [0.717, 1.165) is 18.4 Å². The Bertz CT molecular complexity index is 631. The van der Waals surface area contributed by atoms with Gasteiger partial charge in [0.05, 0.1) is 13.2 Å². The van der Waals surface area contributed by atoms with Crippen LogP contribution in [0.5, 0.6) is 0 Å². The van der Waals surface area contributed by atoms with Gasteiger partial charge in [-0.15, -0.1) is 0 Å². The molecule has 1 atom stereocenters. The fraction of sp³-hybridized carbons (Fsp3) is 0.333. The Morgan fingerprint density at radius 3 is 2.64 bits per heavy atom. The second-order valence-electron chi connectivity index (χ2n) is 5.27. The van der Waals surface area contributed by atoms with Crippen LogP contribution in [0, 0.1) is 0 Å². The fourth-order valence-corrected chi connectivity index (χ4v) is 2.65. The number of rotatable bonds is 4. The van der Waals surface area contributed by atoms with Crippen molar-refractivity contribution in [2.24, 2.45) is 0 Å². The van der Waals surface area contributed by atoms with E-state index in [9.17, 15) is 9.59 Å². The second-order valence-corrected chi connectivity index (χ2v) is 5.27. The number of ether oxygens (including phenoxy) is 1. The van der Waals surface area contributed by atoms with Crippen LogP contribution in [-0.4, -0.2) is 23.8 Å². The molecule has 116 valence electrons. The first-order valence-electron chi connectivity index (χ1n) is 7.39. The largest absolute Gasteiger partial charge is 0.464 e. The summed E-state index contributed by atoms with van der Waals surface area (Å²) in [7, 11) is 1.38. The summed E-state index contributed by atoms with van der Waals surface area (Å²) >= 11 is 0. The molecule has 1 aliphatic rings. The molecule has 0 amide bonds. The molecule has 0 fully saturated rings. The van der Waals surface area contributed by atoms with E-state index < -0.39 is 0 Å². The molecule has 0 saturated heterocycles. The third-order valence-corrected chi connectivity index (χ3v) is 3.82. The van der Waals surface area contributed by atoms with Crippen molar-refractivity contribution < 1.29 is 14.3 Å². The number of ketones is 1. The lowest BCUT2D eigenvalue weighted by Crippen LogP contribution is -2.27.